The van der Waals surface area contributed by atoms with Crippen molar-refractivity contribution in [1.82, 2.24) is 29.3 Å². The number of nitrogens with zero attached hydrogens (tertiary/aromatic N) is 6. The van der Waals surface area contributed by atoms with Crippen molar-refractivity contribution in [3.05, 3.63) is 54.6 Å². The molecule has 0 saturated heterocycles. The van der Waals surface area contributed by atoms with Crippen molar-refractivity contribution in [3.63, 3.8) is 0 Å². The lowest BCUT2D eigenvalue weighted by Crippen LogP contribution is -2.04. The SMILES string of the molecule is CCn1c(SCc2nc3ccccc3n2C(F)F)nnc1-c1ccncc1. The lowest BCUT2D eigenvalue weighted by atomic mass is 10.2. The molecule has 0 atom stereocenters. The quantitative estimate of drug-likeness (QED) is 0.460. The number of imidazole rings is 1. The Kier molecular flexibility index (Phi) is 4.85. The highest BCUT2D eigenvalue weighted by atomic mass is 32.2. The molecule has 0 fully saturated rings. The van der Waals surface area contributed by atoms with E-state index < -0.39 is 6.55 Å². The average Bonchev–Trinajstić information content (AvgIpc) is 3.27. The van der Waals surface area contributed by atoms with Gasteiger partial charge in [0.15, 0.2) is 11.0 Å². The highest BCUT2D eigenvalue weighted by Crippen LogP contribution is 2.29. The summed E-state index contributed by atoms with van der Waals surface area (Å²) < 4.78 is 30.0. The third kappa shape index (κ3) is 3.30. The summed E-state index contributed by atoms with van der Waals surface area (Å²) in [7, 11) is 0. The van der Waals surface area contributed by atoms with Crippen LogP contribution >= 0.6 is 11.8 Å². The number of benzene rings is 1. The molecule has 27 heavy (non-hydrogen) atoms. The number of pyridine rings is 1. The van der Waals surface area contributed by atoms with Crippen molar-refractivity contribution in [3.8, 4) is 11.4 Å². The summed E-state index contributed by atoms with van der Waals surface area (Å²) in [5, 5.41) is 9.16. The van der Waals surface area contributed by atoms with Crippen LogP contribution in [0.1, 0.15) is 19.3 Å². The Bertz CT molecular complexity index is 1060. The van der Waals surface area contributed by atoms with Crippen LogP contribution in [0.5, 0.6) is 0 Å². The zero-order valence-electron chi connectivity index (χ0n) is 14.5. The van der Waals surface area contributed by atoms with Gasteiger partial charge in [-0.1, -0.05) is 23.9 Å². The molecule has 0 N–H and O–H groups in total. The van der Waals surface area contributed by atoms with E-state index in [1.807, 2.05) is 23.6 Å². The maximum absolute atomic E-state index is 13.6. The molecule has 9 heteroatoms. The van der Waals surface area contributed by atoms with E-state index in [1.54, 1.807) is 36.7 Å². The van der Waals surface area contributed by atoms with Crippen molar-refractivity contribution in [2.75, 3.05) is 0 Å². The number of hydrogen-bond donors (Lipinski definition) is 0. The minimum absolute atomic E-state index is 0.271. The minimum Gasteiger partial charge on any atom is -0.302 e. The zero-order valence-corrected chi connectivity index (χ0v) is 15.3. The second-order valence-electron chi connectivity index (χ2n) is 5.74. The molecule has 0 radical (unpaired) electrons. The Morgan fingerprint density at radius 1 is 1.07 bits per heavy atom. The molecule has 4 aromatic rings. The molecule has 4 rings (SSSR count). The minimum atomic E-state index is -2.65. The molecule has 0 bridgehead atoms. The predicted molar refractivity (Wildman–Crippen MR) is 99.5 cm³/mol. The summed E-state index contributed by atoms with van der Waals surface area (Å²) in [6, 6.07) is 10.6. The number of rotatable bonds is 6. The molecule has 0 aliphatic carbocycles. The van der Waals surface area contributed by atoms with Crippen LogP contribution in [0.15, 0.2) is 53.9 Å². The highest BCUT2D eigenvalue weighted by molar-refractivity contribution is 7.98. The van der Waals surface area contributed by atoms with Crippen LogP contribution in [0.4, 0.5) is 8.78 Å². The van der Waals surface area contributed by atoms with Gasteiger partial charge < -0.3 is 4.57 Å². The van der Waals surface area contributed by atoms with Gasteiger partial charge in [0.05, 0.1) is 16.8 Å². The number of fused-ring (bicyclic) bond motifs is 1. The third-order valence-corrected chi connectivity index (χ3v) is 5.13. The molecular formula is C18H16F2N6S. The van der Waals surface area contributed by atoms with E-state index in [9.17, 15) is 8.78 Å². The van der Waals surface area contributed by atoms with Gasteiger partial charge in [0.1, 0.15) is 5.82 Å². The topological polar surface area (TPSA) is 61.4 Å². The van der Waals surface area contributed by atoms with E-state index >= 15 is 0 Å². The smallest absolute Gasteiger partial charge is 0.302 e. The highest BCUT2D eigenvalue weighted by Gasteiger charge is 2.19. The molecule has 0 saturated carbocycles. The lowest BCUT2D eigenvalue weighted by Gasteiger charge is -2.09. The fraction of sp³-hybridized carbons (Fsp3) is 0.222. The van der Waals surface area contributed by atoms with Crippen LogP contribution in [0, 0.1) is 0 Å². The Morgan fingerprint density at radius 3 is 2.59 bits per heavy atom. The first kappa shape index (κ1) is 17.6. The third-order valence-electron chi connectivity index (χ3n) is 4.17. The van der Waals surface area contributed by atoms with Crippen LogP contribution in [0.3, 0.4) is 0 Å². The summed E-state index contributed by atoms with van der Waals surface area (Å²) in [6.07, 6.45) is 3.39. The Morgan fingerprint density at radius 2 is 1.85 bits per heavy atom. The molecule has 3 aromatic heterocycles. The van der Waals surface area contributed by atoms with E-state index in [0.29, 0.717) is 28.6 Å². The van der Waals surface area contributed by atoms with Gasteiger partial charge in [-0.3, -0.25) is 9.55 Å². The molecule has 0 amide bonds. The monoisotopic (exact) mass is 386 g/mol. The van der Waals surface area contributed by atoms with E-state index in [2.05, 4.69) is 20.2 Å². The fourth-order valence-electron chi connectivity index (χ4n) is 2.94. The van der Waals surface area contributed by atoms with E-state index in [1.165, 1.54) is 11.8 Å². The van der Waals surface area contributed by atoms with Gasteiger partial charge in [-0.15, -0.1) is 10.2 Å². The number of hydrogen-bond acceptors (Lipinski definition) is 5. The maximum Gasteiger partial charge on any atom is 0.320 e. The molecule has 0 aliphatic heterocycles. The Labute approximate surface area is 158 Å². The first-order valence-electron chi connectivity index (χ1n) is 8.39. The summed E-state index contributed by atoms with van der Waals surface area (Å²) in [5.41, 5.74) is 1.89. The largest absolute Gasteiger partial charge is 0.320 e. The van der Waals surface area contributed by atoms with Gasteiger partial charge in [-0.05, 0) is 31.2 Å². The number of aromatic nitrogens is 6. The first-order valence-corrected chi connectivity index (χ1v) is 9.38. The number of halogens is 2. The normalized spacial score (nSPS) is 11.6. The van der Waals surface area contributed by atoms with Crippen LogP contribution in [-0.2, 0) is 12.3 Å². The van der Waals surface area contributed by atoms with Crippen molar-refractivity contribution in [2.45, 2.75) is 30.9 Å². The van der Waals surface area contributed by atoms with Gasteiger partial charge in [-0.2, -0.15) is 8.78 Å². The first-order chi connectivity index (χ1) is 13.2. The number of alkyl halides is 2. The van der Waals surface area contributed by atoms with Crippen LogP contribution in [0.25, 0.3) is 22.4 Å². The van der Waals surface area contributed by atoms with E-state index in [-0.39, 0.29) is 5.75 Å². The van der Waals surface area contributed by atoms with E-state index in [4.69, 9.17) is 0 Å². The molecule has 0 aliphatic rings. The second-order valence-corrected chi connectivity index (χ2v) is 6.68. The predicted octanol–water partition coefficient (Wildman–Crippen LogP) is 4.40. The van der Waals surface area contributed by atoms with Crippen molar-refractivity contribution in [2.24, 2.45) is 0 Å². The summed E-state index contributed by atoms with van der Waals surface area (Å²) in [4.78, 5) is 8.38. The van der Waals surface area contributed by atoms with Gasteiger partial charge in [0.2, 0.25) is 0 Å². The van der Waals surface area contributed by atoms with Crippen molar-refractivity contribution in [1.29, 1.82) is 0 Å². The number of thioether (sulfide) groups is 1. The standard InChI is InChI=1S/C18H16F2N6S/c1-2-25-16(12-7-9-21-10-8-12)23-24-18(25)27-11-15-22-13-5-3-4-6-14(13)26(15)17(19)20/h3-10,17H,2,11H2,1H3. The molecule has 1 aromatic carbocycles. The van der Waals surface area contributed by atoms with Crippen molar-refractivity contribution >= 4 is 22.8 Å². The summed E-state index contributed by atoms with van der Waals surface area (Å²) >= 11 is 1.34. The fourth-order valence-corrected chi connectivity index (χ4v) is 3.87. The van der Waals surface area contributed by atoms with Crippen LogP contribution in [-0.4, -0.2) is 29.3 Å². The molecule has 0 spiro atoms. The van der Waals surface area contributed by atoms with E-state index in [0.717, 1.165) is 16.0 Å². The zero-order chi connectivity index (χ0) is 18.8. The van der Waals surface area contributed by atoms with Crippen LogP contribution < -0.4 is 0 Å². The van der Waals surface area contributed by atoms with Crippen LogP contribution in [0.2, 0.25) is 0 Å². The second kappa shape index (κ2) is 7.43. The molecule has 0 unspecified atom stereocenters. The molecular weight excluding hydrogens is 370 g/mol. The molecule has 3 heterocycles. The van der Waals surface area contributed by atoms with Gasteiger partial charge in [0.25, 0.3) is 0 Å². The maximum atomic E-state index is 13.6. The van der Waals surface area contributed by atoms with Gasteiger partial charge >= 0.3 is 6.55 Å². The summed E-state index contributed by atoms with van der Waals surface area (Å²) in [5.74, 6) is 1.31. The molecule has 6 nitrogen and oxygen atoms in total. The molecule has 138 valence electrons. The summed E-state index contributed by atoms with van der Waals surface area (Å²) in [6.45, 7) is 0.00882. The van der Waals surface area contributed by atoms with Gasteiger partial charge in [-0.25, -0.2) is 4.98 Å². The average molecular weight is 386 g/mol. The van der Waals surface area contributed by atoms with Crippen molar-refractivity contribution < 1.29 is 8.78 Å². The lowest BCUT2D eigenvalue weighted by molar-refractivity contribution is 0.0722. The van der Waals surface area contributed by atoms with Gasteiger partial charge in [0, 0.05) is 24.5 Å². The Hall–Kier alpha value is -2.81. The number of para-hydroxylation sites is 2. The Balaban J connectivity index is 1.64.